The molecule has 1 N–H and O–H groups in total. The van der Waals surface area contributed by atoms with Crippen molar-refractivity contribution < 1.29 is 14.2 Å². The number of nitrogens with zero attached hydrogens (tertiary/aromatic N) is 5. The number of aliphatic imine (C=N–C) groups is 1. The molecule has 2 aromatic carbocycles. The average molecular weight is 482 g/mol. The Morgan fingerprint density at radius 3 is 2.52 bits per heavy atom. The van der Waals surface area contributed by atoms with Gasteiger partial charge in [-0.3, -0.25) is 14.6 Å². The van der Waals surface area contributed by atoms with Crippen LogP contribution < -0.4 is 5.43 Å². The van der Waals surface area contributed by atoms with Gasteiger partial charge in [0.15, 0.2) is 0 Å². The maximum atomic E-state index is 12.9. The van der Waals surface area contributed by atoms with E-state index in [1.54, 1.807) is 13.3 Å². The van der Waals surface area contributed by atoms with Crippen LogP contribution in [0, 0.1) is 0 Å². The number of halogens is 1. The molecule has 2 aliphatic rings. The van der Waals surface area contributed by atoms with E-state index in [1.165, 1.54) is 11.9 Å². The van der Waals surface area contributed by atoms with Crippen molar-refractivity contribution in [3.05, 3.63) is 70.2 Å². The Morgan fingerprint density at radius 1 is 1.10 bits per heavy atom. The third kappa shape index (κ3) is 4.27. The Balaban J connectivity index is 1.61. The number of carbonyl (C=O) groups is 2. The van der Waals surface area contributed by atoms with E-state index in [-0.39, 0.29) is 5.91 Å². The molecular formula is C22H22BrN6O2+. The fourth-order valence-electron chi connectivity index (χ4n) is 3.53. The lowest BCUT2D eigenvalue weighted by Crippen LogP contribution is -2.61. The molecular weight excluding hydrogens is 460 g/mol. The van der Waals surface area contributed by atoms with Crippen LogP contribution in [-0.2, 0) is 11.2 Å². The van der Waals surface area contributed by atoms with E-state index in [2.05, 4.69) is 31.4 Å². The van der Waals surface area contributed by atoms with Crippen LogP contribution in [0.3, 0.4) is 0 Å². The lowest BCUT2D eigenvalue weighted by Gasteiger charge is -2.31. The Morgan fingerprint density at radius 2 is 1.81 bits per heavy atom. The highest BCUT2D eigenvalue weighted by Gasteiger charge is 2.51. The number of amides is 3. The fraction of sp³-hybridized carbons (Fsp3) is 0.227. The molecule has 2 aromatic rings. The first-order valence-corrected chi connectivity index (χ1v) is 10.6. The van der Waals surface area contributed by atoms with Crippen molar-refractivity contribution in [2.75, 3.05) is 20.6 Å². The molecule has 0 saturated carbocycles. The van der Waals surface area contributed by atoms with Gasteiger partial charge in [0.25, 0.3) is 5.91 Å². The SMILES string of the molecule is CN1C(=O)C2C(=NC(N/N=C/c3ccc(Br)cc3)=[N+]2CCc2ccccc2)N(C)C1=O. The molecule has 0 radical (unpaired) electrons. The number of benzene rings is 2. The van der Waals surface area contributed by atoms with Gasteiger partial charge in [-0.05, 0) is 23.3 Å². The first-order valence-electron chi connectivity index (χ1n) is 9.81. The van der Waals surface area contributed by atoms with Gasteiger partial charge in [-0.25, -0.2) is 9.37 Å². The zero-order valence-electron chi connectivity index (χ0n) is 17.2. The molecule has 9 heteroatoms. The lowest BCUT2D eigenvalue weighted by molar-refractivity contribution is -0.536. The lowest BCUT2D eigenvalue weighted by atomic mass is 10.1. The summed E-state index contributed by atoms with van der Waals surface area (Å²) in [6.07, 6.45) is 2.40. The molecule has 1 fully saturated rings. The first-order chi connectivity index (χ1) is 15.0. The van der Waals surface area contributed by atoms with Crippen LogP contribution in [0.4, 0.5) is 4.79 Å². The molecule has 1 unspecified atom stereocenters. The monoisotopic (exact) mass is 481 g/mol. The number of amidine groups is 1. The molecule has 0 spiro atoms. The first kappa shape index (κ1) is 20.9. The van der Waals surface area contributed by atoms with Crippen molar-refractivity contribution in [3.63, 3.8) is 0 Å². The summed E-state index contributed by atoms with van der Waals surface area (Å²) in [6.45, 7) is 0.541. The molecule has 2 aliphatic heterocycles. The van der Waals surface area contributed by atoms with Crippen molar-refractivity contribution in [1.82, 2.24) is 15.2 Å². The number of imide groups is 1. The molecule has 4 rings (SSSR count). The highest BCUT2D eigenvalue weighted by atomic mass is 79.9. The van der Waals surface area contributed by atoms with Crippen LogP contribution in [0.25, 0.3) is 0 Å². The number of fused-ring (bicyclic) bond motifs is 1. The number of hydrazone groups is 1. The van der Waals surface area contributed by atoms with Crippen LogP contribution in [-0.4, -0.2) is 71.0 Å². The number of hydrogen-bond donors (Lipinski definition) is 1. The molecule has 3 amide bonds. The molecule has 31 heavy (non-hydrogen) atoms. The minimum atomic E-state index is -0.665. The third-order valence-electron chi connectivity index (χ3n) is 5.26. The minimum Gasteiger partial charge on any atom is -0.270 e. The van der Waals surface area contributed by atoms with E-state index in [0.717, 1.165) is 26.9 Å². The van der Waals surface area contributed by atoms with E-state index in [9.17, 15) is 9.59 Å². The maximum absolute atomic E-state index is 12.9. The van der Waals surface area contributed by atoms with Crippen molar-refractivity contribution >= 4 is 45.9 Å². The summed E-state index contributed by atoms with van der Waals surface area (Å²) < 4.78 is 2.85. The molecule has 158 valence electrons. The Labute approximate surface area is 188 Å². The highest BCUT2D eigenvalue weighted by Crippen LogP contribution is 2.19. The summed E-state index contributed by atoms with van der Waals surface area (Å²) in [4.78, 5) is 32.4. The van der Waals surface area contributed by atoms with Crippen LogP contribution in [0.1, 0.15) is 11.1 Å². The number of rotatable bonds is 5. The van der Waals surface area contributed by atoms with E-state index < -0.39 is 12.1 Å². The van der Waals surface area contributed by atoms with Crippen LogP contribution >= 0.6 is 15.9 Å². The predicted molar refractivity (Wildman–Crippen MR) is 122 cm³/mol. The number of urea groups is 1. The van der Waals surface area contributed by atoms with Gasteiger partial charge in [0.1, 0.15) is 0 Å². The van der Waals surface area contributed by atoms with Crippen molar-refractivity contribution in [2.45, 2.75) is 12.5 Å². The topological polar surface area (TPSA) is 80.4 Å². The number of hydrogen-bond acceptors (Lipinski definition) is 5. The van der Waals surface area contributed by atoms with Gasteiger partial charge in [-0.15, -0.1) is 5.10 Å². The third-order valence-corrected chi connectivity index (χ3v) is 5.79. The van der Waals surface area contributed by atoms with Gasteiger partial charge in [0.05, 0.1) is 12.8 Å². The minimum absolute atomic E-state index is 0.302. The molecule has 1 saturated heterocycles. The highest BCUT2D eigenvalue weighted by molar-refractivity contribution is 9.10. The second kappa shape index (κ2) is 8.81. The van der Waals surface area contributed by atoms with E-state index >= 15 is 0 Å². The van der Waals surface area contributed by atoms with Gasteiger partial charge < -0.3 is 0 Å². The largest absolute Gasteiger partial charge is 0.413 e. The molecule has 8 nitrogen and oxygen atoms in total. The Bertz CT molecular complexity index is 1090. The summed E-state index contributed by atoms with van der Waals surface area (Å²) in [7, 11) is 3.12. The van der Waals surface area contributed by atoms with Gasteiger partial charge in [0.2, 0.25) is 11.9 Å². The van der Waals surface area contributed by atoms with Gasteiger partial charge in [-0.2, -0.15) is 5.43 Å². The molecule has 0 aromatic heterocycles. The quantitative estimate of drug-likeness (QED) is 0.404. The number of nitrogens with one attached hydrogen (secondary N) is 1. The van der Waals surface area contributed by atoms with E-state index in [4.69, 9.17) is 0 Å². The van der Waals surface area contributed by atoms with Crippen LogP contribution in [0.2, 0.25) is 0 Å². The van der Waals surface area contributed by atoms with Gasteiger partial charge >= 0.3 is 12.0 Å². The second-order valence-electron chi connectivity index (χ2n) is 7.29. The number of carbonyl (C=O) groups excluding carboxylic acids is 2. The molecule has 0 bridgehead atoms. The van der Waals surface area contributed by atoms with E-state index in [0.29, 0.717) is 18.3 Å². The van der Waals surface area contributed by atoms with Crippen molar-refractivity contribution in [2.24, 2.45) is 10.1 Å². The van der Waals surface area contributed by atoms with E-state index in [1.807, 2.05) is 59.2 Å². The van der Waals surface area contributed by atoms with Crippen molar-refractivity contribution in [1.29, 1.82) is 0 Å². The Hall–Kier alpha value is -3.33. The van der Waals surface area contributed by atoms with Gasteiger partial charge in [0, 0.05) is 25.0 Å². The van der Waals surface area contributed by atoms with Gasteiger partial charge in [-0.1, -0.05) is 63.4 Å². The number of likely N-dealkylation sites (N-methyl/N-ethyl adjacent to an activating group) is 2. The smallest absolute Gasteiger partial charge is 0.270 e. The average Bonchev–Trinajstić information content (AvgIpc) is 3.15. The zero-order valence-corrected chi connectivity index (χ0v) is 18.8. The van der Waals surface area contributed by atoms with Crippen molar-refractivity contribution in [3.8, 4) is 0 Å². The summed E-state index contributed by atoms with van der Waals surface area (Å²) >= 11 is 3.41. The van der Waals surface area contributed by atoms with Crippen LogP contribution in [0.15, 0.2) is 69.2 Å². The second-order valence-corrected chi connectivity index (χ2v) is 8.20. The number of guanidine groups is 1. The maximum Gasteiger partial charge on any atom is 0.413 e. The Kier molecular flexibility index (Phi) is 5.94. The zero-order chi connectivity index (χ0) is 22.0. The summed E-state index contributed by atoms with van der Waals surface area (Å²) in [6, 6.07) is 16.7. The molecule has 2 heterocycles. The molecule has 1 atom stereocenters. The summed E-state index contributed by atoms with van der Waals surface area (Å²) in [5.41, 5.74) is 5.03. The molecule has 0 aliphatic carbocycles. The van der Waals surface area contributed by atoms with Crippen LogP contribution in [0.5, 0.6) is 0 Å². The summed E-state index contributed by atoms with van der Waals surface area (Å²) in [5.74, 6) is 0.540. The normalized spacial score (nSPS) is 18.7. The predicted octanol–water partition coefficient (Wildman–Crippen LogP) is 2.29. The summed E-state index contributed by atoms with van der Waals surface area (Å²) in [5, 5.41) is 4.30. The standard InChI is InChI=1S/C22H21BrN6O2/c1-27-19-18(20(30)28(2)22(27)31)29(13-12-15-6-4-3-5-7-15)21(25-19)26-24-14-16-8-10-17(23)11-9-16/h3-11,14,18H,12-13H2,1-2H3/p+1/b24-14+. The fourth-order valence-corrected chi connectivity index (χ4v) is 3.79.